The lowest BCUT2D eigenvalue weighted by molar-refractivity contribution is 0.0531. The van der Waals surface area contributed by atoms with Gasteiger partial charge in [0.2, 0.25) is 0 Å². The van der Waals surface area contributed by atoms with Gasteiger partial charge in [-0.2, -0.15) is 0 Å². The lowest BCUT2D eigenvalue weighted by Crippen LogP contribution is -2.20. The van der Waals surface area contributed by atoms with Gasteiger partial charge >= 0.3 is 11.6 Å². The monoisotopic (exact) mass is 464 g/mol. The zero-order chi connectivity index (χ0) is 22.4. The molecule has 0 spiro atoms. The first-order chi connectivity index (χ1) is 15.5. The van der Waals surface area contributed by atoms with Gasteiger partial charge in [0, 0.05) is 5.39 Å². The molecule has 0 bridgehead atoms. The molecule has 0 radical (unpaired) electrons. The van der Waals surface area contributed by atoms with E-state index in [1.807, 2.05) is 37.3 Å². The zero-order valence-corrected chi connectivity index (χ0v) is 18.7. The minimum absolute atomic E-state index is 0.101. The van der Waals surface area contributed by atoms with Crippen molar-refractivity contribution in [1.82, 2.24) is 4.98 Å². The van der Waals surface area contributed by atoms with Crippen molar-refractivity contribution in [1.29, 1.82) is 0 Å². The number of rotatable bonds is 4. The highest BCUT2D eigenvalue weighted by atomic mass is 32.1. The van der Waals surface area contributed by atoms with Gasteiger partial charge in [-0.05, 0) is 42.3 Å². The SMILES string of the molecule is CCOC(=O)c1sc2nc(NC(=O)c3cc4c(ccc5ccccc54)oc3=O)sc2c1C. The molecule has 160 valence electrons. The van der Waals surface area contributed by atoms with Crippen LogP contribution in [0.25, 0.3) is 31.3 Å². The summed E-state index contributed by atoms with van der Waals surface area (Å²) in [7, 11) is 0. The molecule has 1 N–H and O–H groups in total. The van der Waals surface area contributed by atoms with Gasteiger partial charge in [-0.25, -0.2) is 14.6 Å². The summed E-state index contributed by atoms with van der Waals surface area (Å²) >= 11 is 2.46. The van der Waals surface area contributed by atoms with Crippen LogP contribution >= 0.6 is 22.7 Å². The first-order valence-corrected chi connectivity index (χ1v) is 11.4. The van der Waals surface area contributed by atoms with Crippen LogP contribution in [0.2, 0.25) is 0 Å². The van der Waals surface area contributed by atoms with E-state index in [4.69, 9.17) is 9.15 Å². The number of aryl methyl sites for hydroxylation is 1. The Balaban J connectivity index is 1.50. The summed E-state index contributed by atoms with van der Waals surface area (Å²) in [6, 6.07) is 12.8. The van der Waals surface area contributed by atoms with Crippen LogP contribution < -0.4 is 10.9 Å². The highest BCUT2D eigenvalue weighted by molar-refractivity contribution is 7.30. The first kappa shape index (κ1) is 20.3. The minimum Gasteiger partial charge on any atom is -0.462 e. The smallest absolute Gasteiger partial charge is 0.349 e. The van der Waals surface area contributed by atoms with Crippen molar-refractivity contribution < 1.29 is 18.7 Å². The van der Waals surface area contributed by atoms with E-state index in [0.717, 1.165) is 21.0 Å². The molecular weight excluding hydrogens is 448 g/mol. The fourth-order valence-electron chi connectivity index (χ4n) is 3.53. The maximum Gasteiger partial charge on any atom is 0.349 e. The van der Waals surface area contributed by atoms with Crippen LogP contribution in [0.5, 0.6) is 0 Å². The number of carbonyl (C=O) groups is 2. The lowest BCUT2D eigenvalue weighted by Gasteiger charge is -2.05. The predicted octanol–water partition coefficient (Wildman–Crippen LogP) is 5.35. The van der Waals surface area contributed by atoms with E-state index in [9.17, 15) is 14.4 Å². The Morgan fingerprint density at radius 2 is 1.94 bits per heavy atom. The van der Waals surface area contributed by atoms with Gasteiger partial charge in [-0.1, -0.05) is 41.7 Å². The van der Waals surface area contributed by atoms with Gasteiger partial charge < -0.3 is 9.15 Å². The van der Waals surface area contributed by atoms with Gasteiger partial charge in [0.1, 0.15) is 20.9 Å². The van der Waals surface area contributed by atoms with Crippen molar-refractivity contribution in [3.63, 3.8) is 0 Å². The molecule has 32 heavy (non-hydrogen) atoms. The normalized spacial score (nSPS) is 11.3. The molecule has 0 atom stereocenters. The van der Waals surface area contributed by atoms with Crippen molar-refractivity contribution in [3.05, 3.63) is 68.9 Å². The number of amides is 1. The van der Waals surface area contributed by atoms with Gasteiger partial charge in [0.25, 0.3) is 5.91 Å². The molecule has 5 rings (SSSR count). The molecule has 2 aromatic carbocycles. The summed E-state index contributed by atoms with van der Waals surface area (Å²) in [5, 5.41) is 5.58. The van der Waals surface area contributed by atoms with Crippen LogP contribution in [-0.2, 0) is 4.74 Å². The first-order valence-electron chi connectivity index (χ1n) is 9.80. The van der Waals surface area contributed by atoms with Crippen LogP contribution in [0.15, 0.2) is 51.7 Å². The number of nitrogens with zero attached hydrogens (tertiary/aromatic N) is 1. The molecule has 0 aliphatic heterocycles. The van der Waals surface area contributed by atoms with Crippen molar-refractivity contribution in [2.45, 2.75) is 13.8 Å². The number of carbonyl (C=O) groups excluding carboxylic acids is 2. The van der Waals surface area contributed by atoms with E-state index in [2.05, 4.69) is 10.3 Å². The van der Waals surface area contributed by atoms with Crippen molar-refractivity contribution >= 4 is 71.0 Å². The lowest BCUT2D eigenvalue weighted by atomic mass is 10.0. The number of ether oxygens (including phenoxy) is 1. The average Bonchev–Trinajstić information content (AvgIpc) is 3.31. The van der Waals surface area contributed by atoms with Crippen molar-refractivity contribution in [2.75, 3.05) is 11.9 Å². The molecule has 5 aromatic rings. The second-order valence-electron chi connectivity index (χ2n) is 7.03. The largest absolute Gasteiger partial charge is 0.462 e. The average molecular weight is 465 g/mol. The van der Waals surface area contributed by atoms with Crippen LogP contribution in [0.3, 0.4) is 0 Å². The second-order valence-corrected chi connectivity index (χ2v) is 9.03. The maximum atomic E-state index is 12.9. The summed E-state index contributed by atoms with van der Waals surface area (Å²) in [6.07, 6.45) is 0. The molecule has 3 heterocycles. The highest BCUT2D eigenvalue weighted by Crippen LogP contribution is 2.37. The second kappa shape index (κ2) is 7.85. The molecule has 0 aliphatic carbocycles. The van der Waals surface area contributed by atoms with Crippen molar-refractivity contribution in [3.8, 4) is 0 Å². The van der Waals surface area contributed by atoms with Crippen LogP contribution in [0.4, 0.5) is 5.13 Å². The number of hydrogen-bond acceptors (Lipinski definition) is 8. The van der Waals surface area contributed by atoms with E-state index in [1.165, 1.54) is 22.7 Å². The molecule has 0 fully saturated rings. The molecule has 9 heteroatoms. The molecule has 7 nitrogen and oxygen atoms in total. The van der Waals surface area contributed by atoms with E-state index in [0.29, 0.717) is 32.4 Å². The predicted molar refractivity (Wildman–Crippen MR) is 126 cm³/mol. The summed E-state index contributed by atoms with van der Waals surface area (Å²) in [4.78, 5) is 43.0. The Labute approximate surface area is 189 Å². The standard InChI is InChI=1S/C23H16N2O5S2/c1-3-29-22(28)18-11(2)17-20(31-18)25-23(32-17)24-19(26)15-10-14-13-7-5-4-6-12(13)8-9-16(14)30-21(15)27/h4-10H,3H2,1-2H3,(H,24,25,26). The summed E-state index contributed by atoms with van der Waals surface area (Å²) in [6.45, 7) is 3.86. The summed E-state index contributed by atoms with van der Waals surface area (Å²) in [5.74, 6) is -0.981. The van der Waals surface area contributed by atoms with Crippen LogP contribution in [0.1, 0.15) is 32.5 Å². The quantitative estimate of drug-likeness (QED) is 0.219. The van der Waals surface area contributed by atoms with Crippen LogP contribution in [0, 0.1) is 6.92 Å². The summed E-state index contributed by atoms with van der Waals surface area (Å²) < 4.78 is 11.3. The fraction of sp³-hybridized carbons (Fsp3) is 0.130. The zero-order valence-electron chi connectivity index (χ0n) is 17.1. The Morgan fingerprint density at radius 3 is 2.72 bits per heavy atom. The van der Waals surface area contributed by atoms with Gasteiger partial charge in [0.15, 0.2) is 5.13 Å². The van der Waals surface area contributed by atoms with Gasteiger partial charge in [-0.3, -0.25) is 10.1 Å². The van der Waals surface area contributed by atoms with Crippen molar-refractivity contribution in [2.24, 2.45) is 0 Å². The number of fused-ring (bicyclic) bond motifs is 4. The third-order valence-electron chi connectivity index (χ3n) is 5.04. The third-order valence-corrected chi connectivity index (χ3v) is 7.43. The van der Waals surface area contributed by atoms with E-state index < -0.39 is 11.5 Å². The fourth-order valence-corrected chi connectivity index (χ4v) is 5.74. The molecular formula is C23H16N2O5S2. The number of nitrogens with one attached hydrogen (secondary N) is 1. The number of aromatic nitrogens is 1. The highest BCUT2D eigenvalue weighted by Gasteiger charge is 2.22. The minimum atomic E-state index is -0.718. The Kier molecular flexibility index (Phi) is 4.99. The van der Waals surface area contributed by atoms with E-state index >= 15 is 0 Å². The third kappa shape index (κ3) is 3.35. The number of anilines is 1. The molecule has 0 aliphatic rings. The number of thiazole rings is 1. The van der Waals surface area contributed by atoms with Crippen LogP contribution in [-0.4, -0.2) is 23.5 Å². The number of esters is 1. The molecule has 0 saturated heterocycles. The topological polar surface area (TPSA) is 98.5 Å². The maximum absolute atomic E-state index is 12.9. The Hall–Kier alpha value is -3.56. The molecule has 0 unspecified atom stereocenters. The molecule has 3 aromatic heterocycles. The van der Waals surface area contributed by atoms with Gasteiger partial charge in [0.05, 0.1) is 11.3 Å². The number of thiophene rings is 1. The van der Waals surface area contributed by atoms with E-state index in [1.54, 1.807) is 19.1 Å². The Morgan fingerprint density at radius 1 is 1.12 bits per heavy atom. The molecule has 1 amide bonds. The molecule has 0 saturated carbocycles. The Bertz CT molecular complexity index is 1600. The summed E-state index contributed by atoms with van der Waals surface area (Å²) in [5.41, 5.74) is 0.362. The van der Waals surface area contributed by atoms with E-state index in [-0.39, 0.29) is 11.5 Å². The number of hydrogen-bond donors (Lipinski definition) is 1. The number of benzene rings is 2. The van der Waals surface area contributed by atoms with Gasteiger partial charge in [-0.15, -0.1) is 11.3 Å².